The summed E-state index contributed by atoms with van der Waals surface area (Å²) in [4.78, 5) is 11.8. The van der Waals surface area contributed by atoms with Crippen LogP contribution in [-0.4, -0.2) is 45.5 Å². The van der Waals surface area contributed by atoms with Crippen LogP contribution in [0, 0.1) is 10.8 Å². The van der Waals surface area contributed by atoms with Crippen molar-refractivity contribution in [1.29, 1.82) is 0 Å². The molecule has 0 spiro atoms. The second-order valence-electron chi connectivity index (χ2n) is 6.70. The minimum atomic E-state index is -3.53. The SMILES string of the molecule is COC(=O)C1(CS(=O)(=O)NCC(C)(C)CCCO)CCC1. The zero-order valence-corrected chi connectivity index (χ0v) is 14.0. The van der Waals surface area contributed by atoms with Gasteiger partial charge < -0.3 is 9.84 Å². The Morgan fingerprint density at radius 2 is 2.00 bits per heavy atom. The van der Waals surface area contributed by atoms with E-state index in [2.05, 4.69) is 4.72 Å². The molecule has 6 nitrogen and oxygen atoms in total. The van der Waals surface area contributed by atoms with Gasteiger partial charge in [0.2, 0.25) is 10.0 Å². The molecule has 0 bridgehead atoms. The predicted molar refractivity (Wildman–Crippen MR) is 80.2 cm³/mol. The van der Waals surface area contributed by atoms with E-state index in [0.29, 0.717) is 25.8 Å². The Hall–Kier alpha value is -0.660. The Balaban J connectivity index is 2.59. The van der Waals surface area contributed by atoms with Crippen LogP contribution in [0.5, 0.6) is 0 Å². The summed E-state index contributed by atoms with van der Waals surface area (Å²) in [6.45, 7) is 4.30. The molecule has 1 aliphatic carbocycles. The lowest BCUT2D eigenvalue weighted by atomic mass is 9.70. The summed E-state index contributed by atoms with van der Waals surface area (Å²) in [5, 5.41) is 8.85. The third-order valence-corrected chi connectivity index (χ3v) is 5.69. The van der Waals surface area contributed by atoms with Crippen molar-refractivity contribution in [1.82, 2.24) is 4.72 Å². The van der Waals surface area contributed by atoms with Gasteiger partial charge in [-0.2, -0.15) is 0 Å². The molecule has 7 heteroatoms. The van der Waals surface area contributed by atoms with Crippen molar-refractivity contribution < 1.29 is 23.1 Å². The molecular formula is C14H27NO5S. The van der Waals surface area contributed by atoms with Gasteiger partial charge in [-0.25, -0.2) is 13.1 Å². The number of hydrogen-bond donors (Lipinski definition) is 2. The van der Waals surface area contributed by atoms with Gasteiger partial charge in [-0.15, -0.1) is 0 Å². The van der Waals surface area contributed by atoms with Crippen LogP contribution in [0.4, 0.5) is 0 Å². The Bertz CT molecular complexity index is 454. The van der Waals surface area contributed by atoms with Gasteiger partial charge in [-0.3, -0.25) is 4.79 Å². The van der Waals surface area contributed by atoms with E-state index in [1.165, 1.54) is 7.11 Å². The van der Waals surface area contributed by atoms with E-state index in [1.54, 1.807) is 0 Å². The van der Waals surface area contributed by atoms with Crippen LogP contribution >= 0.6 is 0 Å². The van der Waals surface area contributed by atoms with Gasteiger partial charge in [-0.1, -0.05) is 20.3 Å². The van der Waals surface area contributed by atoms with Crippen LogP contribution in [0.25, 0.3) is 0 Å². The molecule has 1 rings (SSSR count). The summed E-state index contributed by atoms with van der Waals surface area (Å²) in [5.74, 6) is -0.637. The van der Waals surface area contributed by atoms with Gasteiger partial charge in [-0.05, 0) is 31.1 Å². The number of carbonyl (C=O) groups is 1. The van der Waals surface area contributed by atoms with Crippen LogP contribution in [0.2, 0.25) is 0 Å². The fraction of sp³-hybridized carbons (Fsp3) is 0.929. The molecule has 2 N–H and O–H groups in total. The molecule has 0 atom stereocenters. The number of esters is 1. The Morgan fingerprint density at radius 3 is 2.43 bits per heavy atom. The fourth-order valence-electron chi connectivity index (χ4n) is 2.59. The lowest BCUT2D eigenvalue weighted by Gasteiger charge is -2.38. The third-order valence-electron chi connectivity index (χ3n) is 4.18. The number of nitrogens with one attached hydrogen (secondary N) is 1. The molecule has 1 fully saturated rings. The summed E-state index contributed by atoms with van der Waals surface area (Å²) >= 11 is 0. The van der Waals surface area contributed by atoms with Crippen molar-refractivity contribution in [2.24, 2.45) is 10.8 Å². The maximum Gasteiger partial charge on any atom is 0.312 e. The topological polar surface area (TPSA) is 92.7 Å². The number of rotatable bonds is 9. The Morgan fingerprint density at radius 1 is 1.38 bits per heavy atom. The average Bonchev–Trinajstić information content (AvgIpc) is 2.38. The average molecular weight is 321 g/mol. The first-order valence-electron chi connectivity index (χ1n) is 7.33. The minimum Gasteiger partial charge on any atom is -0.469 e. The van der Waals surface area contributed by atoms with Gasteiger partial charge in [0.05, 0.1) is 18.3 Å². The first kappa shape index (κ1) is 18.4. The number of ether oxygens (including phenoxy) is 1. The number of hydrogen-bond acceptors (Lipinski definition) is 5. The van der Waals surface area contributed by atoms with E-state index in [0.717, 1.165) is 12.8 Å². The highest BCUT2D eigenvalue weighted by Gasteiger charge is 2.48. The number of carbonyl (C=O) groups excluding carboxylic acids is 1. The smallest absolute Gasteiger partial charge is 0.312 e. The van der Waals surface area contributed by atoms with E-state index >= 15 is 0 Å². The largest absolute Gasteiger partial charge is 0.469 e. The molecule has 0 unspecified atom stereocenters. The quantitative estimate of drug-likeness (QED) is 0.619. The van der Waals surface area contributed by atoms with Crippen LogP contribution in [-0.2, 0) is 19.6 Å². The predicted octanol–water partition coefficient (Wildman–Crippen LogP) is 1.05. The van der Waals surface area contributed by atoms with Gasteiger partial charge >= 0.3 is 5.97 Å². The van der Waals surface area contributed by atoms with E-state index in [1.807, 2.05) is 13.8 Å². The molecule has 0 aromatic rings. The summed E-state index contributed by atoms with van der Waals surface area (Å²) in [6.07, 6.45) is 3.35. The standard InChI is InChI=1S/C14H27NO5S/c1-13(2,6-5-9-16)10-15-21(18,19)11-14(7-4-8-14)12(17)20-3/h15-16H,4-11H2,1-3H3. The molecule has 1 saturated carbocycles. The van der Waals surface area contributed by atoms with Crippen molar-refractivity contribution in [2.45, 2.75) is 46.0 Å². The van der Waals surface area contributed by atoms with E-state index < -0.39 is 21.4 Å². The van der Waals surface area contributed by atoms with Crippen LogP contribution in [0.1, 0.15) is 46.0 Å². The number of aliphatic hydroxyl groups is 1. The Labute approximate surface area is 127 Å². The molecule has 21 heavy (non-hydrogen) atoms. The normalized spacial score (nSPS) is 18.1. The first-order chi connectivity index (χ1) is 9.66. The highest BCUT2D eigenvalue weighted by Crippen LogP contribution is 2.43. The van der Waals surface area contributed by atoms with E-state index in [9.17, 15) is 13.2 Å². The number of aliphatic hydroxyl groups excluding tert-OH is 1. The van der Waals surface area contributed by atoms with Crippen molar-refractivity contribution in [2.75, 3.05) is 26.0 Å². The zero-order valence-electron chi connectivity index (χ0n) is 13.1. The highest BCUT2D eigenvalue weighted by molar-refractivity contribution is 7.89. The molecule has 0 heterocycles. The lowest BCUT2D eigenvalue weighted by molar-refractivity contribution is -0.156. The molecule has 0 aliphatic heterocycles. The van der Waals surface area contributed by atoms with Crippen molar-refractivity contribution in [3.8, 4) is 0 Å². The molecule has 0 saturated heterocycles. The van der Waals surface area contributed by atoms with Gasteiger partial charge in [0, 0.05) is 13.2 Å². The molecule has 1 aliphatic rings. The first-order valence-corrected chi connectivity index (χ1v) is 8.98. The van der Waals surface area contributed by atoms with Crippen LogP contribution < -0.4 is 4.72 Å². The highest BCUT2D eigenvalue weighted by atomic mass is 32.2. The van der Waals surface area contributed by atoms with Crippen molar-refractivity contribution >= 4 is 16.0 Å². The summed E-state index contributed by atoms with van der Waals surface area (Å²) in [6, 6.07) is 0. The van der Waals surface area contributed by atoms with Crippen molar-refractivity contribution in [3.05, 3.63) is 0 Å². The number of methoxy groups -OCH3 is 1. The lowest BCUT2D eigenvalue weighted by Crippen LogP contribution is -2.48. The van der Waals surface area contributed by atoms with Gasteiger partial charge in [0.15, 0.2) is 0 Å². The van der Waals surface area contributed by atoms with Crippen LogP contribution in [0.3, 0.4) is 0 Å². The maximum atomic E-state index is 12.2. The summed E-state index contributed by atoms with van der Waals surface area (Å²) in [5.41, 5.74) is -1.09. The van der Waals surface area contributed by atoms with Crippen molar-refractivity contribution in [3.63, 3.8) is 0 Å². The Kier molecular flexibility index (Phi) is 6.19. The second-order valence-corrected chi connectivity index (χ2v) is 8.50. The summed E-state index contributed by atoms with van der Waals surface area (Å²) < 4.78 is 31.8. The maximum absolute atomic E-state index is 12.2. The van der Waals surface area contributed by atoms with Gasteiger partial charge in [0.1, 0.15) is 0 Å². The molecule has 0 radical (unpaired) electrons. The van der Waals surface area contributed by atoms with Crippen LogP contribution in [0.15, 0.2) is 0 Å². The molecule has 0 aromatic heterocycles. The minimum absolute atomic E-state index is 0.0988. The second kappa shape index (κ2) is 7.07. The van der Waals surface area contributed by atoms with Gasteiger partial charge in [0.25, 0.3) is 0 Å². The third kappa shape index (κ3) is 5.23. The molecule has 124 valence electrons. The molecule has 0 amide bonds. The zero-order chi connectivity index (χ0) is 16.1. The summed E-state index contributed by atoms with van der Waals surface area (Å²) in [7, 11) is -2.23. The molecular weight excluding hydrogens is 294 g/mol. The monoisotopic (exact) mass is 321 g/mol. The molecule has 0 aromatic carbocycles. The van der Waals surface area contributed by atoms with E-state index in [-0.39, 0.29) is 17.8 Å². The fourth-order valence-corrected chi connectivity index (χ4v) is 4.44. The van der Waals surface area contributed by atoms with E-state index in [4.69, 9.17) is 9.84 Å². The number of sulfonamides is 1.